The van der Waals surface area contributed by atoms with Gasteiger partial charge in [-0.1, -0.05) is 0 Å². The molecule has 1 aromatic heterocycles. The fourth-order valence-electron chi connectivity index (χ4n) is 1.23. The lowest BCUT2D eigenvalue weighted by Crippen LogP contribution is -2.16. The van der Waals surface area contributed by atoms with Crippen LogP contribution in [0, 0.1) is 6.92 Å². The van der Waals surface area contributed by atoms with Crippen LogP contribution < -0.4 is 5.73 Å². The summed E-state index contributed by atoms with van der Waals surface area (Å²) in [6.07, 6.45) is 3.03. The molecule has 2 N–H and O–H groups in total. The van der Waals surface area contributed by atoms with Gasteiger partial charge in [0, 0.05) is 7.05 Å². The smallest absolute Gasteiger partial charge is 0.147 e. The lowest BCUT2D eigenvalue weighted by atomic mass is 10.2. The zero-order chi connectivity index (χ0) is 9.84. The normalized spacial score (nSPS) is 13.2. The molecule has 0 bridgehead atoms. The van der Waals surface area contributed by atoms with Crippen molar-refractivity contribution in [2.75, 3.05) is 12.0 Å². The van der Waals surface area contributed by atoms with Gasteiger partial charge >= 0.3 is 0 Å². The number of nitrogens with zero attached hydrogens (tertiary/aromatic N) is 3. The summed E-state index contributed by atoms with van der Waals surface area (Å²) < 4.78 is 1.76. The van der Waals surface area contributed by atoms with E-state index in [1.807, 2.05) is 14.0 Å². The molecule has 0 saturated heterocycles. The average molecular weight is 200 g/mol. The lowest BCUT2D eigenvalue weighted by molar-refractivity contribution is 0.593. The predicted molar refractivity (Wildman–Crippen MR) is 55.7 cm³/mol. The van der Waals surface area contributed by atoms with E-state index in [1.54, 1.807) is 16.4 Å². The van der Waals surface area contributed by atoms with Gasteiger partial charge in [-0.3, -0.25) is 4.68 Å². The second-order valence-corrected chi connectivity index (χ2v) is 4.01. The van der Waals surface area contributed by atoms with Crippen LogP contribution in [0.3, 0.4) is 0 Å². The molecule has 1 aromatic rings. The molecular formula is C8H16N4S. The van der Waals surface area contributed by atoms with Crippen LogP contribution in [-0.2, 0) is 7.05 Å². The first-order valence-corrected chi connectivity index (χ1v) is 5.66. The van der Waals surface area contributed by atoms with Crippen LogP contribution in [0.4, 0.5) is 0 Å². The number of aryl methyl sites for hydroxylation is 2. The highest BCUT2D eigenvalue weighted by atomic mass is 32.2. The molecule has 0 aliphatic heterocycles. The molecule has 0 radical (unpaired) electrons. The maximum absolute atomic E-state index is 5.96. The molecule has 0 amide bonds. The molecule has 0 spiro atoms. The summed E-state index contributed by atoms with van der Waals surface area (Å²) in [5, 5.41) is 4.16. The van der Waals surface area contributed by atoms with Gasteiger partial charge in [-0.15, -0.1) is 0 Å². The number of hydrogen-bond donors (Lipinski definition) is 1. The van der Waals surface area contributed by atoms with Gasteiger partial charge in [-0.2, -0.15) is 16.9 Å². The SMILES string of the molecule is CSCCC(N)c1nc(C)nn1C. The van der Waals surface area contributed by atoms with Crippen LogP contribution in [0.5, 0.6) is 0 Å². The van der Waals surface area contributed by atoms with E-state index in [9.17, 15) is 0 Å². The Balaban J connectivity index is 2.64. The molecule has 5 heteroatoms. The standard InChI is InChI=1S/C8H16N4S/c1-6-10-8(12(2)11-6)7(9)4-5-13-3/h7H,4-5,9H2,1-3H3. The highest BCUT2D eigenvalue weighted by molar-refractivity contribution is 7.98. The number of nitrogens with two attached hydrogens (primary N) is 1. The predicted octanol–water partition coefficient (Wildman–Crippen LogP) is 0.876. The van der Waals surface area contributed by atoms with Crippen molar-refractivity contribution in [3.63, 3.8) is 0 Å². The van der Waals surface area contributed by atoms with Crippen molar-refractivity contribution in [2.24, 2.45) is 12.8 Å². The Morgan fingerprint density at radius 1 is 1.62 bits per heavy atom. The molecule has 0 fully saturated rings. The van der Waals surface area contributed by atoms with Crippen LogP contribution in [0.2, 0.25) is 0 Å². The van der Waals surface area contributed by atoms with Gasteiger partial charge in [0.2, 0.25) is 0 Å². The highest BCUT2D eigenvalue weighted by Crippen LogP contribution is 2.13. The largest absolute Gasteiger partial charge is 0.321 e. The zero-order valence-corrected chi connectivity index (χ0v) is 9.14. The third-order valence-corrected chi connectivity index (χ3v) is 2.51. The Morgan fingerprint density at radius 2 is 2.31 bits per heavy atom. The van der Waals surface area contributed by atoms with Crippen LogP contribution in [0.15, 0.2) is 0 Å². The average Bonchev–Trinajstić information content (AvgIpc) is 2.41. The van der Waals surface area contributed by atoms with Crippen molar-refractivity contribution >= 4 is 11.8 Å². The van der Waals surface area contributed by atoms with E-state index in [-0.39, 0.29) is 6.04 Å². The minimum absolute atomic E-state index is 0.0126. The maximum Gasteiger partial charge on any atom is 0.147 e. The molecular weight excluding hydrogens is 184 g/mol. The second-order valence-electron chi connectivity index (χ2n) is 3.03. The maximum atomic E-state index is 5.96. The molecule has 0 saturated carbocycles. The topological polar surface area (TPSA) is 56.7 Å². The summed E-state index contributed by atoms with van der Waals surface area (Å²) >= 11 is 1.80. The summed E-state index contributed by atoms with van der Waals surface area (Å²) in [4.78, 5) is 4.28. The summed E-state index contributed by atoms with van der Waals surface area (Å²) in [5.74, 6) is 2.73. The zero-order valence-electron chi connectivity index (χ0n) is 8.32. The Bertz CT molecular complexity index is 271. The summed E-state index contributed by atoms with van der Waals surface area (Å²) in [6.45, 7) is 1.88. The third-order valence-electron chi connectivity index (χ3n) is 1.87. The molecule has 1 heterocycles. The molecule has 0 aliphatic rings. The number of thioether (sulfide) groups is 1. The molecule has 74 valence electrons. The van der Waals surface area contributed by atoms with Crippen molar-refractivity contribution in [1.82, 2.24) is 14.8 Å². The lowest BCUT2D eigenvalue weighted by Gasteiger charge is -2.08. The summed E-state index contributed by atoms with van der Waals surface area (Å²) in [7, 11) is 1.88. The molecule has 13 heavy (non-hydrogen) atoms. The second kappa shape index (κ2) is 4.62. The van der Waals surface area contributed by atoms with E-state index in [0.29, 0.717) is 0 Å². The van der Waals surface area contributed by atoms with E-state index >= 15 is 0 Å². The van der Waals surface area contributed by atoms with E-state index < -0.39 is 0 Å². The molecule has 1 atom stereocenters. The summed E-state index contributed by atoms with van der Waals surface area (Å²) in [5.41, 5.74) is 5.96. The van der Waals surface area contributed by atoms with Crippen molar-refractivity contribution in [3.05, 3.63) is 11.6 Å². The van der Waals surface area contributed by atoms with Crippen LogP contribution in [-0.4, -0.2) is 26.8 Å². The molecule has 1 rings (SSSR count). The Morgan fingerprint density at radius 3 is 2.77 bits per heavy atom. The van der Waals surface area contributed by atoms with Gasteiger partial charge in [0.15, 0.2) is 0 Å². The van der Waals surface area contributed by atoms with Crippen LogP contribution in [0.25, 0.3) is 0 Å². The Labute approximate surface area is 82.9 Å². The van der Waals surface area contributed by atoms with E-state index in [1.165, 1.54) is 0 Å². The van der Waals surface area contributed by atoms with Gasteiger partial charge in [0.25, 0.3) is 0 Å². The van der Waals surface area contributed by atoms with E-state index in [2.05, 4.69) is 16.3 Å². The molecule has 4 nitrogen and oxygen atoms in total. The highest BCUT2D eigenvalue weighted by Gasteiger charge is 2.12. The van der Waals surface area contributed by atoms with Crippen molar-refractivity contribution in [3.8, 4) is 0 Å². The van der Waals surface area contributed by atoms with E-state index in [4.69, 9.17) is 5.73 Å². The number of aromatic nitrogens is 3. The summed E-state index contributed by atoms with van der Waals surface area (Å²) in [6, 6.07) is 0.0126. The third kappa shape index (κ3) is 2.70. The first-order valence-electron chi connectivity index (χ1n) is 4.27. The van der Waals surface area contributed by atoms with Crippen LogP contribution >= 0.6 is 11.8 Å². The number of hydrogen-bond acceptors (Lipinski definition) is 4. The van der Waals surface area contributed by atoms with Gasteiger partial charge in [0.1, 0.15) is 11.6 Å². The molecule has 0 aliphatic carbocycles. The Hall–Kier alpha value is -0.550. The van der Waals surface area contributed by atoms with Gasteiger partial charge in [-0.05, 0) is 25.4 Å². The van der Waals surface area contributed by atoms with Crippen LogP contribution in [0.1, 0.15) is 24.1 Å². The number of rotatable bonds is 4. The fraction of sp³-hybridized carbons (Fsp3) is 0.750. The first-order chi connectivity index (χ1) is 6.15. The molecule has 0 aromatic carbocycles. The van der Waals surface area contributed by atoms with E-state index in [0.717, 1.165) is 23.8 Å². The van der Waals surface area contributed by atoms with Gasteiger partial charge in [0.05, 0.1) is 6.04 Å². The van der Waals surface area contributed by atoms with Crippen molar-refractivity contribution in [1.29, 1.82) is 0 Å². The Kier molecular flexibility index (Phi) is 3.74. The molecule has 1 unspecified atom stereocenters. The van der Waals surface area contributed by atoms with Gasteiger partial charge < -0.3 is 5.73 Å². The first kappa shape index (κ1) is 10.5. The quantitative estimate of drug-likeness (QED) is 0.783. The minimum atomic E-state index is 0.0126. The van der Waals surface area contributed by atoms with Crippen molar-refractivity contribution < 1.29 is 0 Å². The van der Waals surface area contributed by atoms with Gasteiger partial charge in [-0.25, -0.2) is 4.98 Å². The fourth-order valence-corrected chi connectivity index (χ4v) is 1.72. The van der Waals surface area contributed by atoms with Crippen molar-refractivity contribution in [2.45, 2.75) is 19.4 Å². The minimum Gasteiger partial charge on any atom is -0.321 e. The monoisotopic (exact) mass is 200 g/mol.